The van der Waals surface area contributed by atoms with Gasteiger partial charge in [0.25, 0.3) is 0 Å². The maximum atomic E-state index is 11.0. The fraction of sp³-hybridized carbons (Fsp3) is 0.333. The minimum Gasteiger partial charge on any atom is -0.496 e. The quantitative estimate of drug-likeness (QED) is 0.812. The van der Waals surface area contributed by atoms with Gasteiger partial charge >= 0.3 is 11.6 Å². The van der Waals surface area contributed by atoms with E-state index in [1.165, 1.54) is 13.2 Å². The van der Waals surface area contributed by atoms with Crippen LogP contribution in [0.5, 0.6) is 5.75 Å². The zero-order valence-electron chi connectivity index (χ0n) is 8.06. The molecule has 0 saturated carbocycles. The summed E-state index contributed by atoms with van der Waals surface area (Å²) in [5.74, 6) is 0.229. The minimum absolute atomic E-state index is 0.0269. The predicted molar refractivity (Wildman–Crippen MR) is 55.3 cm³/mol. The number of carbonyl (C=O) groups is 1. The Hall–Kier alpha value is -1.43. The second-order valence-electron chi connectivity index (χ2n) is 2.67. The highest BCUT2D eigenvalue weighted by Gasteiger charge is 2.03. The number of thioether (sulfide) groups is 1. The molecule has 15 heavy (non-hydrogen) atoms. The lowest BCUT2D eigenvalue weighted by molar-refractivity contribution is -0.133. The lowest BCUT2D eigenvalue weighted by Crippen LogP contribution is -2.02. The highest BCUT2D eigenvalue weighted by Crippen LogP contribution is 2.15. The van der Waals surface area contributed by atoms with Gasteiger partial charge in [0, 0.05) is 6.07 Å². The van der Waals surface area contributed by atoms with Gasteiger partial charge in [-0.05, 0) is 0 Å². The largest absolute Gasteiger partial charge is 0.496 e. The number of hydrogen-bond acceptors (Lipinski definition) is 5. The average molecular weight is 230 g/mol. The highest BCUT2D eigenvalue weighted by molar-refractivity contribution is 7.99. The average Bonchev–Trinajstić information content (AvgIpc) is 2.16. The van der Waals surface area contributed by atoms with Crippen LogP contribution in [0.4, 0.5) is 0 Å². The molecule has 0 radical (unpaired) electrons. The van der Waals surface area contributed by atoms with Gasteiger partial charge in [0.05, 0.1) is 24.7 Å². The molecule has 1 aromatic heterocycles. The van der Waals surface area contributed by atoms with E-state index < -0.39 is 11.6 Å². The van der Waals surface area contributed by atoms with Crippen molar-refractivity contribution < 1.29 is 19.1 Å². The van der Waals surface area contributed by atoms with E-state index in [1.54, 1.807) is 6.07 Å². The van der Waals surface area contributed by atoms with Crippen LogP contribution in [0.25, 0.3) is 0 Å². The highest BCUT2D eigenvalue weighted by atomic mass is 32.2. The zero-order chi connectivity index (χ0) is 11.3. The lowest BCUT2D eigenvalue weighted by atomic mass is 10.4. The topological polar surface area (TPSA) is 76.7 Å². The summed E-state index contributed by atoms with van der Waals surface area (Å²) >= 11 is 1.15. The first kappa shape index (κ1) is 11.6. The molecule has 82 valence electrons. The van der Waals surface area contributed by atoms with Crippen LogP contribution in [0.15, 0.2) is 21.3 Å². The number of ether oxygens (including phenoxy) is 1. The van der Waals surface area contributed by atoms with Crippen LogP contribution in [-0.2, 0) is 10.5 Å². The molecule has 0 saturated heterocycles. The third-order valence-corrected chi connectivity index (χ3v) is 2.44. The molecule has 0 bridgehead atoms. The van der Waals surface area contributed by atoms with Gasteiger partial charge in [-0.3, -0.25) is 4.79 Å². The normalized spacial score (nSPS) is 9.93. The van der Waals surface area contributed by atoms with Gasteiger partial charge in [-0.2, -0.15) is 0 Å². The van der Waals surface area contributed by atoms with E-state index in [9.17, 15) is 9.59 Å². The number of aliphatic carboxylic acids is 1. The number of rotatable bonds is 5. The molecule has 0 atom stereocenters. The number of methoxy groups -OCH3 is 1. The molecule has 0 aliphatic heterocycles. The SMILES string of the molecule is COc1cc(CSCC(=O)O)oc(=O)c1. The van der Waals surface area contributed by atoms with E-state index in [-0.39, 0.29) is 5.75 Å². The smallest absolute Gasteiger partial charge is 0.339 e. The van der Waals surface area contributed by atoms with E-state index >= 15 is 0 Å². The third-order valence-electron chi connectivity index (χ3n) is 1.50. The van der Waals surface area contributed by atoms with Gasteiger partial charge in [0.15, 0.2) is 0 Å². The van der Waals surface area contributed by atoms with E-state index in [2.05, 4.69) is 0 Å². The summed E-state index contributed by atoms with van der Waals surface area (Å²) in [4.78, 5) is 21.2. The monoisotopic (exact) mass is 230 g/mol. The maximum absolute atomic E-state index is 11.0. The van der Waals surface area contributed by atoms with Crippen molar-refractivity contribution in [2.45, 2.75) is 5.75 Å². The molecule has 5 nitrogen and oxygen atoms in total. The van der Waals surface area contributed by atoms with Crippen LogP contribution in [0.3, 0.4) is 0 Å². The molecule has 1 aromatic rings. The molecule has 0 amide bonds. The van der Waals surface area contributed by atoms with Crippen molar-refractivity contribution in [3.63, 3.8) is 0 Å². The second kappa shape index (κ2) is 5.45. The summed E-state index contributed by atoms with van der Waals surface area (Å²) in [7, 11) is 1.45. The van der Waals surface area contributed by atoms with E-state index in [4.69, 9.17) is 14.3 Å². The van der Waals surface area contributed by atoms with Crippen LogP contribution in [0.2, 0.25) is 0 Å². The molecular weight excluding hydrogens is 220 g/mol. The van der Waals surface area contributed by atoms with Crippen molar-refractivity contribution in [2.24, 2.45) is 0 Å². The summed E-state index contributed by atoms with van der Waals surface area (Å²) in [6, 6.07) is 2.79. The van der Waals surface area contributed by atoms with Crippen LogP contribution in [0.1, 0.15) is 5.76 Å². The fourth-order valence-corrected chi connectivity index (χ4v) is 1.55. The molecule has 1 heterocycles. The van der Waals surface area contributed by atoms with Gasteiger partial charge < -0.3 is 14.3 Å². The van der Waals surface area contributed by atoms with Gasteiger partial charge in [-0.15, -0.1) is 11.8 Å². The summed E-state index contributed by atoms with van der Waals surface area (Å²) in [5, 5.41) is 8.41. The molecule has 6 heteroatoms. The summed E-state index contributed by atoms with van der Waals surface area (Å²) in [5.41, 5.74) is -0.500. The predicted octanol–water partition coefficient (Wildman–Crippen LogP) is 0.966. The Balaban J connectivity index is 2.64. The molecule has 0 aromatic carbocycles. The van der Waals surface area contributed by atoms with Crippen molar-refractivity contribution in [2.75, 3.05) is 12.9 Å². The summed E-state index contributed by atoms with van der Waals surface area (Å²) in [6.45, 7) is 0. The first-order valence-electron chi connectivity index (χ1n) is 4.09. The summed E-state index contributed by atoms with van der Waals surface area (Å²) < 4.78 is 9.73. The Kier molecular flexibility index (Phi) is 4.23. The van der Waals surface area contributed by atoms with Crippen LogP contribution in [-0.4, -0.2) is 23.9 Å². The fourth-order valence-electron chi connectivity index (χ4n) is 0.933. The van der Waals surface area contributed by atoms with Crippen LogP contribution < -0.4 is 10.4 Å². The zero-order valence-corrected chi connectivity index (χ0v) is 8.87. The van der Waals surface area contributed by atoms with Gasteiger partial charge in [-0.25, -0.2) is 4.79 Å². The lowest BCUT2D eigenvalue weighted by Gasteiger charge is -2.01. The van der Waals surface area contributed by atoms with Gasteiger partial charge in [0.1, 0.15) is 11.5 Å². The maximum Gasteiger partial charge on any atom is 0.339 e. The molecule has 1 rings (SSSR count). The van der Waals surface area contributed by atoms with Crippen molar-refractivity contribution in [3.8, 4) is 5.75 Å². The van der Waals surface area contributed by atoms with Gasteiger partial charge in [0.2, 0.25) is 0 Å². The Labute approximate surface area is 90.0 Å². The summed E-state index contributed by atoms with van der Waals surface area (Å²) in [6.07, 6.45) is 0. The Morgan fingerprint density at radius 1 is 1.60 bits per heavy atom. The molecule has 1 N–H and O–H groups in total. The molecule has 0 fully saturated rings. The van der Waals surface area contributed by atoms with Crippen molar-refractivity contribution in [1.82, 2.24) is 0 Å². The number of hydrogen-bond donors (Lipinski definition) is 1. The van der Waals surface area contributed by atoms with E-state index in [1.807, 2.05) is 0 Å². The Morgan fingerprint density at radius 3 is 2.93 bits per heavy atom. The third kappa shape index (κ3) is 4.07. The Morgan fingerprint density at radius 2 is 2.33 bits per heavy atom. The first-order chi connectivity index (χ1) is 7.11. The van der Waals surface area contributed by atoms with Crippen LogP contribution >= 0.6 is 11.8 Å². The molecular formula is C9H10O5S. The van der Waals surface area contributed by atoms with Gasteiger partial charge in [-0.1, -0.05) is 0 Å². The molecule has 0 unspecified atom stereocenters. The van der Waals surface area contributed by atoms with E-state index in [0.29, 0.717) is 17.3 Å². The minimum atomic E-state index is -0.898. The first-order valence-corrected chi connectivity index (χ1v) is 5.25. The van der Waals surface area contributed by atoms with Crippen molar-refractivity contribution in [3.05, 3.63) is 28.3 Å². The second-order valence-corrected chi connectivity index (χ2v) is 3.65. The number of carboxylic acids is 1. The molecule has 0 aliphatic carbocycles. The molecule has 0 spiro atoms. The van der Waals surface area contributed by atoms with Crippen molar-refractivity contribution >= 4 is 17.7 Å². The standard InChI is InChI=1S/C9H10O5S/c1-13-6-2-7(14-9(12)3-6)4-15-5-8(10)11/h2-3H,4-5H2,1H3,(H,10,11). The Bertz CT molecular complexity index is 398. The van der Waals surface area contributed by atoms with Crippen molar-refractivity contribution in [1.29, 1.82) is 0 Å². The van der Waals surface area contributed by atoms with Crippen LogP contribution in [0, 0.1) is 0 Å². The van der Waals surface area contributed by atoms with E-state index in [0.717, 1.165) is 11.8 Å². The number of carboxylic acid groups (broad SMARTS) is 1. The molecule has 0 aliphatic rings.